The molecule has 0 bridgehead atoms. The van der Waals surface area contributed by atoms with Gasteiger partial charge in [-0.05, 0) is 31.0 Å². The first-order chi connectivity index (χ1) is 14.2. The highest BCUT2D eigenvalue weighted by atomic mass is 32.1. The monoisotopic (exact) mass is 418 g/mol. The third-order valence-corrected chi connectivity index (χ3v) is 6.38. The predicted octanol–water partition coefficient (Wildman–Crippen LogP) is 2.98. The van der Waals surface area contributed by atoms with Crippen molar-refractivity contribution < 1.29 is 23.7 Å². The van der Waals surface area contributed by atoms with Crippen molar-refractivity contribution in [3.8, 4) is 22.1 Å². The second kappa shape index (κ2) is 9.11. The minimum absolute atomic E-state index is 0.0881. The van der Waals surface area contributed by atoms with Gasteiger partial charge in [-0.1, -0.05) is 0 Å². The van der Waals surface area contributed by atoms with Gasteiger partial charge in [0, 0.05) is 30.0 Å². The predicted molar refractivity (Wildman–Crippen MR) is 109 cm³/mol. The molecule has 156 valence electrons. The standard InChI is InChI=1S/C21H26N2O5S/c1-25-17-4-3-15(11-18(17)26-2)20-22-16(13-29-20)12-19(24)23-7-5-14(6-8-23)21-27-9-10-28-21/h3-4,11,13-14,21H,5-10,12H2,1-2H3. The lowest BCUT2D eigenvalue weighted by Crippen LogP contribution is -2.42. The van der Waals surface area contributed by atoms with Crippen molar-refractivity contribution in [1.82, 2.24) is 9.88 Å². The zero-order valence-electron chi connectivity index (χ0n) is 16.8. The Morgan fingerprint density at radius 1 is 1.17 bits per heavy atom. The fourth-order valence-corrected chi connectivity index (χ4v) is 4.64. The molecule has 2 fully saturated rings. The minimum atomic E-state index is -0.0881. The number of methoxy groups -OCH3 is 2. The summed E-state index contributed by atoms with van der Waals surface area (Å²) in [4.78, 5) is 19.3. The molecule has 0 unspecified atom stereocenters. The third kappa shape index (κ3) is 4.55. The van der Waals surface area contributed by atoms with Crippen LogP contribution in [0.3, 0.4) is 0 Å². The third-order valence-electron chi connectivity index (χ3n) is 5.44. The number of hydrogen-bond donors (Lipinski definition) is 0. The number of hydrogen-bond acceptors (Lipinski definition) is 7. The van der Waals surface area contributed by atoms with Gasteiger partial charge in [0.25, 0.3) is 0 Å². The van der Waals surface area contributed by atoms with Crippen LogP contribution in [0.4, 0.5) is 0 Å². The van der Waals surface area contributed by atoms with Crippen LogP contribution in [0.15, 0.2) is 23.6 Å². The number of rotatable bonds is 6. The average molecular weight is 419 g/mol. The van der Waals surface area contributed by atoms with Gasteiger partial charge in [-0.25, -0.2) is 4.98 Å². The van der Waals surface area contributed by atoms with Crippen molar-refractivity contribution in [2.75, 3.05) is 40.5 Å². The summed E-state index contributed by atoms with van der Waals surface area (Å²) in [5, 5.41) is 2.82. The van der Waals surface area contributed by atoms with Crippen molar-refractivity contribution >= 4 is 17.2 Å². The molecule has 29 heavy (non-hydrogen) atoms. The molecule has 3 heterocycles. The van der Waals surface area contributed by atoms with Crippen LogP contribution in [0.2, 0.25) is 0 Å². The molecule has 1 amide bonds. The summed E-state index contributed by atoms with van der Waals surface area (Å²) in [7, 11) is 3.23. The van der Waals surface area contributed by atoms with Gasteiger partial charge in [0.1, 0.15) is 5.01 Å². The summed E-state index contributed by atoms with van der Waals surface area (Å²) >= 11 is 1.53. The van der Waals surface area contributed by atoms with Crippen molar-refractivity contribution in [1.29, 1.82) is 0 Å². The number of likely N-dealkylation sites (tertiary alicyclic amines) is 1. The molecule has 2 aliphatic rings. The molecule has 0 saturated carbocycles. The molecule has 8 heteroatoms. The molecule has 0 radical (unpaired) electrons. The minimum Gasteiger partial charge on any atom is -0.493 e. The summed E-state index contributed by atoms with van der Waals surface area (Å²) in [6.07, 6.45) is 2.08. The molecular weight excluding hydrogens is 392 g/mol. The van der Waals surface area contributed by atoms with Gasteiger partial charge in [-0.3, -0.25) is 4.79 Å². The Bertz CT molecular complexity index is 841. The smallest absolute Gasteiger partial charge is 0.228 e. The lowest BCUT2D eigenvalue weighted by molar-refractivity contribution is -0.136. The number of aromatic nitrogens is 1. The van der Waals surface area contributed by atoms with Gasteiger partial charge in [-0.15, -0.1) is 11.3 Å². The molecule has 2 aromatic rings. The SMILES string of the molecule is COc1ccc(-c2nc(CC(=O)N3CCC(C4OCCO4)CC3)cs2)cc1OC. The lowest BCUT2D eigenvalue weighted by atomic mass is 9.96. The number of nitrogens with zero attached hydrogens (tertiary/aromatic N) is 2. The fraction of sp³-hybridized carbons (Fsp3) is 0.524. The summed E-state index contributed by atoms with van der Waals surface area (Å²) in [6, 6.07) is 5.72. The quantitative estimate of drug-likeness (QED) is 0.718. The molecule has 0 N–H and O–H groups in total. The van der Waals surface area contributed by atoms with Crippen molar-refractivity contribution in [2.45, 2.75) is 25.6 Å². The van der Waals surface area contributed by atoms with E-state index in [-0.39, 0.29) is 12.2 Å². The highest BCUT2D eigenvalue weighted by molar-refractivity contribution is 7.13. The number of carbonyl (C=O) groups is 1. The van der Waals surface area contributed by atoms with E-state index in [2.05, 4.69) is 4.98 Å². The molecule has 2 aliphatic heterocycles. The number of carbonyl (C=O) groups excluding carboxylic acids is 1. The Balaban J connectivity index is 1.35. The maximum atomic E-state index is 12.7. The van der Waals surface area contributed by atoms with Gasteiger partial charge in [0.05, 0.1) is 39.5 Å². The van der Waals surface area contributed by atoms with Gasteiger partial charge in [0.15, 0.2) is 17.8 Å². The number of ether oxygens (including phenoxy) is 4. The van der Waals surface area contributed by atoms with E-state index in [1.54, 1.807) is 14.2 Å². The first-order valence-corrected chi connectivity index (χ1v) is 10.7. The number of piperidine rings is 1. The van der Waals surface area contributed by atoms with E-state index in [0.29, 0.717) is 37.1 Å². The van der Waals surface area contributed by atoms with Crippen LogP contribution < -0.4 is 9.47 Å². The molecule has 2 saturated heterocycles. The maximum Gasteiger partial charge on any atom is 0.228 e. The van der Waals surface area contributed by atoms with Gasteiger partial charge >= 0.3 is 0 Å². The molecule has 0 aliphatic carbocycles. The van der Waals surface area contributed by atoms with Crippen molar-refractivity contribution in [3.05, 3.63) is 29.3 Å². The van der Waals surface area contributed by atoms with Crippen LogP contribution >= 0.6 is 11.3 Å². The first-order valence-electron chi connectivity index (χ1n) is 9.85. The van der Waals surface area contributed by atoms with Gasteiger partial charge in [0.2, 0.25) is 5.91 Å². The summed E-state index contributed by atoms with van der Waals surface area (Å²) < 4.78 is 21.9. The van der Waals surface area contributed by atoms with E-state index in [9.17, 15) is 4.79 Å². The zero-order chi connectivity index (χ0) is 20.2. The summed E-state index contributed by atoms with van der Waals surface area (Å²) in [6.45, 7) is 2.85. The largest absolute Gasteiger partial charge is 0.493 e. The Labute approximate surface area is 174 Å². The molecular formula is C21H26N2O5S. The Kier molecular flexibility index (Phi) is 6.32. The van der Waals surface area contributed by atoms with Crippen molar-refractivity contribution in [2.24, 2.45) is 5.92 Å². The summed E-state index contributed by atoms with van der Waals surface area (Å²) in [5.41, 5.74) is 1.75. The second-order valence-electron chi connectivity index (χ2n) is 7.22. The lowest BCUT2D eigenvalue weighted by Gasteiger charge is -2.33. The first kappa shape index (κ1) is 20.1. The average Bonchev–Trinajstić information content (AvgIpc) is 3.46. The Morgan fingerprint density at radius 2 is 1.90 bits per heavy atom. The van der Waals surface area contributed by atoms with Crippen molar-refractivity contribution in [3.63, 3.8) is 0 Å². The molecule has 1 aromatic carbocycles. The number of benzene rings is 1. The molecule has 0 atom stereocenters. The van der Waals surface area contributed by atoms with E-state index >= 15 is 0 Å². The topological polar surface area (TPSA) is 70.1 Å². The molecule has 4 rings (SSSR count). The number of amides is 1. The van der Waals surface area contributed by atoms with Crippen LogP contribution in [0, 0.1) is 5.92 Å². The van der Waals surface area contributed by atoms with E-state index < -0.39 is 0 Å². The Morgan fingerprint density at radius 3 is 2.59 bits per heavy atom. The van der Waals surface area contributed by atoms with E-state index in [0.717, 1.165) is 42.2 Å². The second-order valence-corrected chi connectivity index (χ2v) is 8.08. The van der Waals surface area contributed by atoms with Gasteiger partial charge < -0.3 is 23.8 Å². The van der Waals surface area contributed by atoms with Crippen LogP contribution in [0.25, 0.3) is 10.6 Å². The Hall–Kier alpha value is -2.16. The molecule has 0 spiro atoms. The molecule has 1 aromatic heterocycles. The fourth-order valence-electron chi connectivity index (χ4n) is 3.83. The molecule has 7 nitrogen and oxygen atoms in total. The van der Waals surface area contributed by atoms with Crippen LogP contribution in [-0.4, -0.2) is 62.6 Å². The van der Waals surface area contributed by atoms with E-state index in [4.69, 9.17) is 18.9 Å². The zero-order valence-corrected chi connectivity index (χ0v) is 17.6. The summed E-state index contributed by atoms with van der Waals surface area (Å²) in [5.74, 6) is 1.86. The van der Waals surface area contributed by atoms with Crippen LogP contribution in [0.1, 0.15) is 18.5 Å². The highest BCUT2D eigenvalue weighted by Gasteiger charge is 2.31. The van der Waals surface area contributed by atoms with E-state index in [1.165, 1.54) is 11.3 Å². The van der Waals surface area contributed by atoms with Crippen LogP contribution in [-0.2, 0) is 20.7 Å². The van der Waals surface area contributed by atoms with Gasteiger partial charge in [-0.2, -0.15) is 0 Å². The highest BCUT2D eigenvalue weighted by Crippen LogP contribution is 2.33. The number of thiazole rings is 1. The maximum absolute atomic E-state index is 12.7. The van der Waals surface area contributed by atoms with E-state index in [1.807, 2.05) is 28.5 Å². The normalized spacial score (nSPS) is 18.2. The van der Waals surface area contributed by atoms with Crippen LogP contribution in [0.5, 0.6) is 11.5 Å².